The summed E-state index contributed by atoms with van der Waals surface area (Å²) in [7, 11) is 0. The maximum absolute atomic E-state index is 11.4. The van der Waals surface area contributed by atoms with Crippen LogP contribution in [0.5, 0.6) is 0 Å². The lowest BCUT2D eigenvalue weighted by Crippen LogP contribution is -2.27. The van der Waals surface area contributed by atoms with Crippen molar-refractivity contribution >= 4 is 10.8 Å². The maximum Gasteiger partial charge on any atom is 0.272 e. The average Bonchev–Trinajstić information content (AvgIpc) is 2.37. The molecule has 5 N–H and O–H groups in total. The van der Waals surface area contributed by atoms with Crippen LogP contribution in [0, 0.1) is 0 Å². The summed E-state index contributed by atoms with van der Waals surface area (Å²) in [6.45, 7) is -0.0349. The summed E-state index contributed by atoms with van der Waals surface area (Å²) in [4.78, 5) is 11.4. The second-order valence-corrected chi connectivity index (χ2v) is 3.79. The van der Waals surface area contributed by atoms with E-state index in [9.17, 15) is 15.0 Å². The SMILES string of the molecule is NCC(O)C(O)c1ccc2c(=O)[nH]ncc2c1. The number of aliphatic hydroxyl groups is 2. The smallest absolute Gasteiger partial charge is 0.272 e. The molecule has 0 fully saturated rings. The quantitative estimate of drug-likeness (QED) is 0.560. The number of nitrogens with zero attached hydrogens (tertiary/aromatic N) is 1. The number of aromatic nitrogens is 2. The minimum absolute atomic E-state index is 0.0349. The van der Waals surface area contributed by atoms with Gasteiger partial charge in [0.15, 0.2) is 0 Å². The standard InChI is InChI=1S/C11H13N3O3/c12-4-9(15)10(16)6-1-2-8-7(3-6)5-13-14-11(8)17/h1-3,5,9-10,15-16H,4,12H2,(H,14,17). The second kappa shape index (κ2) is 4.62. The molecular formula is C11H13N3O3. The second-order valence-electron chi connectivity index (χ2n) is 3.79. The van der Waals surface area contributed by atoms with Crippen LogP contribution < -0.4 is 11.3 Å². The first-order valence-electron chi connectivity index (χ1n) is 5.17. The van der Waals surface area contributed by atoms with E-state index in [0.29, 0.717) is 16.3 Å². The molecule has 0 radical (unpaired) electrons. The lowest BCUT2D eigenvalue weighted by atomic mass is 10.0. The van der Waals surface area contributed by atoms with Crippen molar-refractivity contribution in [2.75, 3.05) is 6.54 Å². The molecule has 0 aliphatic heterocycles. The van der Waals surface area contributed by atoms with Gasteiger partial charge in [-0.05, 0) is 17.7 Å². The molecule has 0 aliphatic carbocycles. The highest BCUT2D eigenvalue weighted by Crippen LogP contribution is 2.20. The molecule has 0 amide bonds. The molecule has 6 heteroatoms. The molecule has 1 aromatic heterocycles. The third kappa shape index (κ3) is 2.19. The Bertz CT molecular complexity index is 581. The van der Waals surface area contributed by atoms with E-state index in [4.69, 9.17) is 5.73 Å². The number of hydrogen-bond donors (Lipinski definition) is 4. The molecule has 90 valence electrons. The first-order chi connectivity index (χ1) is 8.13. The molecule has 2 unspecified atom stereocenters. The van der Waals surface area contributed by atoms with E-state index in [1.165, 1.54) is 6.20 Å². The van der Waals surface area contributed by atoms with Crippen LogP contribution in [0.4, 0.5) is 0 Å². The Balaban J connectivity index is 2.48. The minimum atomic E-state index is -1.07. The van der Waals surface area contributed by atoms with Crippen LogP contribution >= 0.6 is 0 Å². The first kappa shape index (κ1) is 11.7. The summed E-state index contributed by atoms with van der Waals surface area (Å²) < 4.78 is 0. The Morgan fingerprint density at radius 3 is 2.88 bits per heavy atom. The van der Waals surface area contributed by atoms with E-state index < -0.39 is 12.2 Å². The molecule has 17 heavy (non-hydrogen) atoms. The highest BCUT2D eigenvalue weighted by molar-refractivity contribution is 5.81. The number of rotatable bonds is 3. The number of hydrogen-bond acceptors (Lipinski definition) is 5. The molecule has 2 atom stereocenters. The largest absolute Gasteiger partial charge is 0.389 e. The molecule has 1 heterocycles. The van der Waals surface area contributed by atoms with E-state index in [1.54, 1.807) is 18.2 Å². The van der Waals surface area contributed by atoms with Crippen LogP contribution in [0.1, 0.15) is 11.7 Å². The van der Waals surface area contributed by atoms with Gasteiger partial charge < -0.3 is 15.9 Å². The average molecular weight is 235 g/mol. The van der Waals surface area contributed by atoms with Gasteiger partial charge in [0, 0.05) is 11.9 Å². The molecule has 1 aromatic carbocycles. The van der Waals surface area contributed by atoms with Crippen molar-refractivity contribution < 1.29 is 10.2 Å². The highest BCUT2D eigenvalue weighted by Gasteiger charge is 2.17. The van der Waals surface area contributed by atoms with Gasteiger partial charge in [-0.1, -0.05) is 6.07 Å². The van der Waals surface area contributed by atoms with Crippen molar-refractivity contribution in [3.8, 4) is 0 Å². The van der Waals surface area contributed by atoms with Crippen molar-refractivity contribution in [3.05, 3.63) is 40.3 Å². The third-order valence-corrected chi connectivity index (χ3v) is 2.64. The zero-order chi connectivity index (χ0) is 12.4. The Morgan fingerprint density at radius 2 is 2.18 bits per heavy atom. The molecule has 2 rings (SSSR count). The third-order valence-electron chi connectivity index (χ3n) is 2.64. The van der Waals surface area contributed by atoms with Crippen LogP contribution in [0.15, 0.2) is 29.2 Å². The predicted molar refractivity (Wildman–Crippen MR) is 62.4 cm³/mol. The molecular weight excluding hydrogens is 222 g/mol. The number of fused-ring (bicyclic) bond motifs is 1. The zero-order valence-corrected chi connectivity index (χ0v) is 9.00. The lowest BCUT2D eigenvalue weighted by molar-refractivity contribution is 0.0244. The first-order valence-corrected chi connectivity index (χ1v) is 5.17. The number of benzene rings is 1. The van der Waals surface area contributed by atoms with Gasteiger partial charge in [0.2, 0.25) is 0 Å². The van der Waals surface area contributed by atoms with E-state index in [-0.39, 0.29) is 12.1 Å². The van der Waals surface area contributed by atoms with E-state index in [2.05, 4.69) is 10.2 Å². The van der Waals surface area contributed by atoms with Crippen LogP contribution in [0.25, 0.3) is 10.8 Å². The van der Waals surface area contributed by atoms with Crippen LogP contribution in [-0.4, -0.2) is 33.1 Å². The van der Waals surface area contributed by atoms with Gasteiger partial charge in [0.1, 0.15) is 6.10 Å². The maximum atomic E-state index is 11.4. The van der Waals surface area contributed by atoms with Gasteiger partial charge in [0.05, 0.1) is 17.7 Å². The topological polar surface area (TPSA) is 112 Å². The summed E-state index contributed by atoms with van der Waals surface area (Å²) in [5.41, 5.74) is 5.48. The number of nitrogens with one attached hydrogen (secondary N) is 1. The molecule has 0 saturated carbocycles. The van der Waals surface area contributed by atoms with E-state index in [0.717, 1.165) is 0 Å². The van der Waals surface area contributed by atoms with Gasteiger partial charge in [-0.3, -0.25) is 4.79 Å². The lowest BCUT2D eigenvalue weighted by Gasteiger charge is -2.16. The van der Waals surface area contributed by atoms with Gasteiger partial charge in [-0.2, -0.15) is 5.10 Å². The van der Waals surface area contributed by atoms with Crippen LogP contribution in [0.2, 0.25) is 0 Å². The van der Waals surface area contributed by atoms with E-state index >= 15 is 0 Å². The summed E-state index contributed by atoms with van der Waals surface area (Å²) in [5.74, 6) is 0. The molecule has 0 aliphatic rings. The number of aliphatic hydroxyl groups excluding tert-OH is 2. The Morgan fingerprint density at radius 1 is 1.41 bits per heavy atom. The Kier molecular flexibility index (Phi) is 3.19. The summed E-state index contributed by atoms with van der Waals surface area (Å²) in [6, 6.07) is 4.78. The van der Waals surface area contributed by atoms with E-state index in [1.807, 2.05) is 0 Å². The fraction of sp³-hybridized carbons (Fsp3) is 0.273. The predicted octanol–water partition coefficient (Wildman–Crippen LogP) is -0.724. The zero-order valence-electron chi connectivity index (χ0n) is 9.00. The van der Waals surface area contributed by atoms with Gasteiger partial charge >= 0.3 is 0 Å². The van der Waals surface area contributed by atoms with Gasteiger partial charge in [-0.25, -0.2) is 5.10 Å². The van der Waals surface area contributed by atoms with Crippen molar-refractivity contribution in [2.45, 2.75) is 12.2 Å². The van der Waals surface area contributed by atoms with Crippen molar-refractivity contribution in [3.63, 3.8) is 0 Å². The molecule has 0 bridgehead atoms. The highest BCUT2D eigenvalue weighted by atomic mass is 16.3. The normalized spacial score (nSPS) is 14.8. The van der Waals surface area contributed by atoms with Crippen LogP contribution in [0.3, 0.4) is 0 Å². The van der Waals surface area contributed by atoms with Crippen molar-refractivity contribution in [2.24, 2.45) is 5.73 Å². The minimum Gasteiger partial charge on any atom is -0.389 e. The summed E-state index contributed by atoms with van der Waals surface area (Å²) in [5, 5.41) is 26.3. The van der Waals surface area contributed by atoms with Gasteiger partial charge in [-0.15, -0.1) is 0 Å². The Hall–Kier alpha value is -1.76. The molecule has 0 saturated heterocycles. The fourth-order valence-corrected chi connectivity index (χ4v) is 1.65. The number of aromatic amines is 1. The number of H-pyrrole nitrogens is 1. The number of nitrogens with two attached hydrogens (primary N) is 1. The van der Waals surface area contributed by atoms with Crippen LogP contribution in [-0.2, 0) is 0 Å². The summed E-state index contributed by atoms with van der Waals surface area (Å²) in [6.07, 6.45) is -0.604. The van der Waals surface area contributed by atoms with Gasteiger partial charge in [0.25, 0.3) is 5.56 Å². The molecule has 0 spiro atoms. The fourth-order valence-electron chi connectivity index (χ4n) is 1.65. The molecule has 6 nitrogen and oxygen atoms in total. The summed E-state index contributed by atoms with van der Waals surface area (Å²) >= 11 is 0. The Labute approximate surface area is 96.7 Å². The van der Waals surface area contributed by atoms with Crippen molar-refractivity contribution in [1.82, 2.24) is 10.2 Å². The monoisotopic (exact) mass is 235 g/mol. The molecule has 2 aromatic rings. The van der Waals surface area contributed by atoms with Crippen molar-refractivity contribution in [1.29, 1.82) is 0 Å².